The molecule has 7 heteroatoms. The van der Waals surface area contributed by atoms with Gasteiger partial charge in [0, 0.05) is 28.6 Å². The highest BCUT2D eigenvalue weighted by Gasteiger charge is 2.47. The summed E-state index contributed by atoms with van der Waals surface area (Å²) in [6.45, 7) is 0. The maximum absolute atomic E-state index is 14.4. The molecular weight excluding hydrogens is 472 g/mol. The quantitative estimate of drug-likeness (QED) is 0.265. The van der Waals surface area contributed by atoms with Crippen LogP contribution >= 0.6 is 0 Å². The van der Waals surface area contributed by atoms with Gasteiger partial charge in [-0.2, -0.15) is 0 Å². The normalized spacial score (nSPS) is 23.3. The van der Waals surface area contributed by atoms with Crippen molar-refractivity contribution in [2.24, 2.45) is 23.7 Å². The van der Waals surface area contributed by atoms with Crippen LogP contribution in [-0.2, 0) is 11.2 Å². The molecule has 5 nitrogen and oxygen atoms in total. The average molecular weight is 498 g/mol. The van der Waals surface area contributed by atoms with E-state index in [9.17, 15) is 18.7 Å². The van der Waals surface area contributed by atoms with Gasteiger partial charge < -0.3 is 10.1 Å². The third-order valence-electron chi connectivity index (χ3n) is 8.69. The standard InChI is InChI=1S/C30H25F2N3O2/c31-19-11-21-23(14-33-28(21)24(32)12-19)29-34-25-10-18-4-2-1-3-17(18)9-22(25)26(35-29)13-20-15-5-7-16(8-6-15)27(20)30(36)37/h1-4,9-12,14-16,20,27,33H,5-8,13H2,(H,36,37). The number of benzene rings is 3. The molecule has 2 bridgehead atoms. The van der Waals surface area contributed by atoms with E-state index >= 15 is 0 Å². The van der Waals surface area contributed by atoms with Crippen molar-refractivity contribution in [2.75, 3.05) is 0 Å². The second-order valence-electron chi connectivity index (χ2n) is 10.6. The van der Waals surface area contributed by atoms with Gasteiger partial charge in [0.1, 0.15) is 11.6 Å². The van der Waals surface area contributed by atoms with Crippen molar-refractivity contribution in [3.63, 3.8) is 0 Å². The van der Waals surface area contributed by atoms with Crippen molar-refractivity contribution in [3.8, 4) is 11.4 Å². The van der Waals surface area contributed by atoms with Gasteiger partial charge in [0.2, 0.25) is 0 Å². The molecule has 5 aromatic rings. The number of nitrogens with zero attached hydrogens (tertiary/aromatic N) is 2. The number of carbonyl (C=O) groups is 1. The summed E-state index contributed by atoms with van der Waals surface area (Å²) in [5.74, 6) is -1.49. The van der Waals surface area contributed by atoms with E-state index < -0.39 is 17.6 Å². The van der Waals surface area contributed by atoms with Crippen LogP contribution in [0.3, 0.4) is 0 Å². The van der Waals surface area contributed by atoms with Crippen LogP contribution in [0.2, 0.25) is 0 Å². The van der Waals surface area contributed by atoms with Crippen molar-refractivity contribution >= 4 is 38.5 Å². The molecule has 8 rings (SSSR count). The Morgan fingerprint density at radius 2 is 1.68 bits per heavy atom. The highest BCUT2D eigenvalue weighted by Crippen LogP contribution is 2.50. The zero-order valence-electron chi connectivity index (χ0n) is 20.0. The summed E-state index contributed by atoms with van der Waals surface area (Å²) >= 11 is 0. The summed E-state index contributed by atoms with van der Waals surface area (Å²) < 4.78 is 28.6. The Morgan fingerprint density at radius 1 is 0.946 bits per heavy atom. The Bertz CT molecular complexity index is 1700. The van der Waals surface area contributed by atoms with Crippen LogP contribution < -0.4 is 0 Å². The first kappa shape index (κ1) is 22.3. The highest BCUT2D eigenvalue weighted by molar-refractivity contribution is 5.99. The van der Waals surface area contributed by atoms with Crippen molar-refractivity contribution in [1.29, 1.82) is 0 Å². The monoisotopic (exact) mass is 497 g/mol. The van der Waals surface area contributed by atoms with Gasteiger partial charge in [0.05, 0.1) is 22.6 Å². The number of rotatable bonds is 4. The summed E-state index contributed by atoms with van der Waals surface area (Å²) in [5, 5.41) is 13.5. The van der Waals surface area contributed by atoms with Crippen molar-refractivity contribution in [2.45, 2.75) is 32.1 Å². The molecule has 2 unspecified atom stereocenters. The number of H-pyrrole nitrogens is 1. The molecule has 3 saturated carbocycles. The largest absolute Gasteiger partial charge is 0.481 e. The van der Waals surface area contributed by atoms with E-state index in [1.807, 2.05) is 30.3 Å². The SMILES string of the molecule is O=C(O)C1C2CCC(CC2)C1Cc1nc(-c2c[nH]c3c(F)cc(F)cc23)nc2cc3ccccc3cc12. The summed E-state index contributed by atoms with van der Waals surface area (Å²) in [6, 6.07) is 14.3. The number of carboxylic acids is 1. The maximum Gasteiger partial charge on any atom is 0.307 e. The maximum atomic E-state index is 14.4. The lowest BCUT2D eigenvalue weighted by Crippen LogP contribution is -2.45. The number of nitrogens with one attached hydrogen (secondary N) is 1. The van der Waals surface area contributed by atoms with Gasteiger partial charge in [0.15, 0.2) is 5.82 Å². The summed E-state index contributed by atoms with van der Waals surface area (Å²) in [5.41, 5.74) is 2.25. The molecule has 0 spiro atoms. The number of halogens is 2. The number of fused-ring (bicyclic) bond motifs is 6. The minimum absolute atomic E-state index is 0.000257. The fourth-order valence-electron chi connectivity index (χ4n) is 6.97. The minimum Gasteiger partial charge on any atom is -0.481 e. The lowest BCUT2D eigenvalue weighted by atomic mass is 9.57. The highest BCUT2D eigenvalue weighted by atomic mass is 19.1. The third kappa shape index (κ3) is 3.59. The fourth-order valence-corrected chi connectivity index (χ4v) is 6.97. The smallest absolute Gasteiger partial charge is 0.307 e. The van der Waals surface area contributed by atoms with Crippen molar-refractivity contribution in [1.82, 2.24) is 15.0 Å². The number of hydrogen-bond donors (Lipinski definition) is 2. The molecule has 37 heavy (non-hydrogen) atoms. The molecule has 2 heterocycles. The zero-order chi connectivity index (χ0) is 25.3. The van der Waals surface area contributed by atoms with Crippen LogP contribution in [0, 0.1) is 35.3 Å². The predicted molar refractivity (Wildman–Crippen MR) is 138 cm³/mol. The first-order valence-corrected chi connectivity index (χ1v) is 12.8. The predicted octanol–water partition coefficient (Wildman–Crippen LogP) is 6.89. The molecule has 2 atom stereocenters. The molecule has 2 N–H and O–H groups in total. The molecular formula is C30H25F2N3O2. The van der Waals surface area contributed by atoms with Crippen LogP contribution in [0.15, 0.2) is 54.7 Å². The summed E-state index contributed by atoms with van der Waals surface area (Å²) in [4.78, 5) is 25.0. The van der Waals surface area contributed by atoms with Crippen LogP contribution in [0.4, 0.5) is 8.78 Å². The number of hydrogen-bond acceptors (Lipinski definition) is 3. The molecule has 186 valence electrons. The van der Waals surface area contributed by atoms with E-state index in [2.05, 4.69) is 11.1 Å². The number of carboxylic acid groups (broad SMARTS) is 1. The lowest BCUT2D eigenvalue weighted by molar-refractivity contribution is -0.152. The lowest BCUT2D eigenvalue weighted by Gasteiger charge is -2.47. The van der Waals surface area contributed by atoms with Gasteiger partial charge in [-0.05, 0) is 78.8 Å². The van der Waals surface area contributed by atoms with Gasteiger partial charge in [-0.1, -0.05) is 24.3 Å². The first-order valence-electron chi connectivity index (χ1n) is 12.8. The van der Waals surface area contributed by atoms with Crippen molar-refractivity contribution in [3.05, 3.63) is 72.1 Å². The van der Waals surface area contributed by atoms with E-state index in [0.29, 0.717) is 29.1 Å². The minimum atomic E-state index is -0.717. The molecule has 3 aliphatic carbocycles. The van der Waals surface area contributed by atoms with E-state index in [0.717, 1.165) is 59.1 Å². The van der Waals surface area contributed by atoms with Gasteiger partial charge in [-0.3, -0.25) is 4.79 Å². The van der Waals surface area contributed by atoms with Gasteiger partial charge in [-0.15, -0.1) is 0 Å². The Kier molecular flexibility index (Phi) is 5.03. The number of aromatic amines is 1. The molecule has 3 aromatic carbocycles. The van der Waals surface area contributed by atoms with E-state index in [1.165, 1.54) is 6.07 Å². The molecule has 0 saturated heterocycles. The Morgan fingerprint density at radius 3 is 2.43 bits per heavy atom. The van der Waals surface area contributed by atoms with Crippen LogP contribution in [0.5, 0.6) is 0 Å². The second-order valence-corrected chi connectivity index (χ2v) is 10.6. The van der Waals surface area contributed by atoms with Crippen LogP contribution in [0.1, 0.15) is 31.4 Å². The van der Waals surface area contributed by atoms with Gasteiger partial charge in [-0.25, -0.2) is 18.7 Å². The topological polar surface area (TPSA) is 78.9 Å². The molecule has 0 radical (unpaired) electrons. The molecule has 3 fully saturated rings. The van der Waals surface area contributed by atoms with Crippen LogP contribution in [0.25, 0.3) is 44.0 Å². The number of aromatic nitrogens is 3. The Balaban J connectivity index is 1.44. The van der Waals surface area contributed by atoms with Crippen LogP contribution in [-0.4, -0.2) is 26.0 Å². The third-order valence-corrected chi connectivity index (χ3v) is 8.69. The average Bonchev–Trinajstić information content (AvgIpc) is 3.32. The Hall–Kier alpha value is -3.87. The summed E-state index contributed by atoms with van der Waals surface area (Å²) in [7, 11) is 0. The Labute approximate surface area is 211 Å². The molecule has 0 amide bonds. The van der Waals surface area contributed by atoms with Gasteiger partial charge in [0.25, 0.3) is 0 Å². The van der Waals surface area contributed by atoms with E-state index in [4.69, 9.17) is 9.97 Å². The fraction of sp³-hybridized carbons (Fsp3) is 0.300. The van der Waals surface area contributed by atoms with Gasteiger partial charge >= 0.3 is 5.97 Å². The molecule has 2 aromatic heterocycles. The van der Waals surface area contributed by atoms with E-state index in [-0.39, 0.29) is 23.3 Å². The molecule has 3 aliphatic rings. The summed E-state index contributed by atoms with van der Waals surface area (Å²) in [6.07, 6.45) is 6.21. The zero-order valence-corrected chi connectivity index (χ0v) is 20.0. The van der Waals surface area contributed by atoms with E-state index in [1.54, 1.807) is 6.20 Å². The second kappa shape index (κ2) is 8.33. The number of aliphatic carboxylic acids is 1. The first-order chi connectivity index (χ1) is 18.0. The molecule has 0 aliphatic heterocycles. The van der Waals surface area contributed by atoms with Crippen molar-refractivity contribution < 1.29 is 18.7 Å².